The Morgan fingerprint density at radius 2 is 2.00 bits per heavy atom. The van der Waals surface area contributed by atoms with E-state index < -0.39 is 23.8 Å². The number of carbonyl (C=O) groups excluding carboxylic acids is 2. The summed E-state index contributed by atoms with van der Waals surface area (Å²) in [5, 5.41) is 19.8. The van der Waals surface area contributed by atoms with Crippen molar-refractivity contribution in [1.82, 2.24) is 5.06 Å². The molecule has 0 spiro atoms. The molecule has 2 N–H and O–H groups in total. The first kappa shape index (κ1) is 14.9. The predicted molar refractivity (Wildman–Crippen MR) is 53.7 cm³/mol. The highest BCUT2D eigenvalue weighted by Crippen LogP contribution is 2.07. The smallest absolute Gasteiger partial charge is 0.312 e. The van der Waals surface area contributed by atoms with Crippen LogP contribution in [0.4, 0.5) is 0 Å². The van der Waals surface area contributed by atoms with Crippen LogP contribution < -0.4 is 0 Å². The van der Waals surface area contributed by atoms with Crippen molar-refractivity contribution in [3.05, 3.63) is 10.4 Å². The Hall–Kier alpha value is -2.12. The van der Waals surface area contributed by atoms with Crippen LogP contribution in [0.25, 0.3) is 10.4 Å². The fourth-order valence-corrected chi connectivity index (χ4v) is 0.933. The Balaban J connectivity index is 0.000000302. The largest absolute Gasteiger partial charge is 0.481 e. The topological polar surface area (TPSA) is 144 Å². The zero-order valence-electron chi connectivity index (χ0n) is 9.11. The van der Waals surface area contributed by atoms with Crippen LogP contribution in [-0.2, 0) is 14.4 Å². The molecule has 0 aromatic rings. The lowest BCUT2D eigenvalue weighted by Gasteiger charge is -1.98. The molecule has 0 bridgehead atoms. The van der Waals surface area contributed by atoms with Gasteiger partial charge in [0.25, 0.3) is 11.8 Å². The summed E-state index contributed by atoms with van der Waals surface area (Å²) in [6.07, 6.45) is 0.629. The summed E-state index contributed by atoms with van der Waals surface area (Å²) >= 11 is 0. The molecular weight excluding hydrogens is 232 g/mol. The molecule has 9 nitrogen and oxygen atoms in total. The second kappa shape index (κ2) is 7.20. The lowest BCUT2D eigenvalue weighted by molar-refractivity contribution is -0.171. The van der Waals surface area contributed by atoms with Crippen molar-refractivity contribution in [2.24, 2.45) is 5.11 Å². The van der Waals surface area contributed by atoms with Gasteiger partial charge in [0.15, 0.2) is 0 Å². The van der Waals surface area contributed by atoms with E-state index in [0.29, 0.717) is 6.42 Å². The molecule has 94 valence electrons. The van der Waals surface area contributed by atoms with E-state index in [4.69, 9.17) is 15.8 Å². The molecular formula is C8H12N4O5. The molecule has 1 aliphatic heterocycles. The normalized spacial score (nSPS) is 15.8. The molecule has 1 aliphatic rings. The number of amides is 2. The Bertz CT molecular complexity index is 345. The number of hydrogen-bond donors (Lipinski definition) is 2. The third-order valence-electron chi connectivity index (χ3n) is 1.89. The summed E-state index contributed by atoms with van der Waals surface area (Å²) in [6, 6.07) is -0.907. The molecule has 1 rings (SSSR count). The maximum absolute atomic E-state index is 10.2. The second-order valence-electron chi connectivity index (χ2n) is 3.07. The fraction of sp³-hybridized carbons (Fsp3) is 0.625. The second-order valence-corrected chi connectivity index (χ2v) is 3.07. The minimum Gasteiger partial charge on any atom is -0.481 e. The molecule has 1 unspecified atom stereocenters. The van der Waals surface area contributed by atoms with Crippen molar-refractivity contribution in [2.75, 3.05) is 0 Å². The molecule has 1 atom stereocenters. The van der Waals surface area contributed by atoms with Gasteiger partial charge in [-0.05, 0) is 12.0 Å². The first-order chi connectivity index (χ1) is 7.93. The number of hydrogen-bond acceptors (Lipinski definition) is 5. The van der Waals surface area contributed by atoms with Crippen LogP contribution in [0.1, 0.15) is 26.2 Å². The summed E-state index contributed by atoms with van der Waals surface area (Å²) < 4.78 is 0. The van der Waals surface area contributed by atoms with Crippen molar-refractivity contribution in [1.29, 1.82) is 0 Å². The van der Waals surface area contributed by atoms with Gasteiger partial charge in [-0.15, -0.1) is 0 Å². The van der Waals surface area contributed by atoms with Gasteiger partial charge in [0, 0.05) is 17.8 Å². The first-order valence-electron chi connectivity index (χ1n) is 4.75. The molecule has 1 saturated heterocycles. The average Bonchev–Trinajstić information content (AvgIpc) is 2.58. The van der Waals surface area contributed by atoms with Gasteiger partial charge in [-0.1, -0.05) is 12.0 Å². The number of aliphatic carboxylic acids is 1. The molecule has 17 heavy (non-hydrogen) atoms. The van der Waals surface area contributed by atoms with Crippen molar-refractivity contribution in [3.63, 3.8) is 0 Å². The van der Waals surface area contributed by atoms with Crippen molar-refractivity contribution in [3.8, 4) is 0 Å². The lowest BCUT2D eigenvalue weighted by atomic mass is 10.2. The van der Waals surface area contributed by atoms with E-state index in [1.165, 1.54) is 0 Å². The maximum atomic E-state index is 10.2. The molecule has 0 aromatic carbocycles. The van der Waals surface area contributed by atoms with Gasteiger partial charge in [-0.2, -0.15) is 5.06 Å². The summed E-state index contributed by atoms with van der Waals surface area (Å²) in [6.45, 7) is 1.65. The van der Waals surface area contributed by atoms with E-state index in [2.05, 4.69) is 10.0 Å². The number of carbonyl (C=O) groups is 3. The molecule has 0 aliphatic carbocycles. The summed E-state index contributed by atoms with van der Waals surface area (Å²) in [5.74, 6) is -2.08. The number of carboxylic acids is 1. The number of carboxylic acid groups (broad SMARTS) is 1. The van der Waals surface area contributed by atoms with Crippen LogP contribution in [0.2, 0.25) is 0 Å². The van der Waals surface area contributed by atoms with Gasteiger partial charge in [0.2, 0.25) is 0 Å². The molecule has 0 radical (unpaired) electrons. The van der Waals surface area contributed by atoms with Gasteiger partial charge in [0.05, 0.1) is 0 Å². The molecule has 0 saturated carbocycles. The first-order valence-corrected chi connectivity index (χ1v) is 4.75. The Kier molecular flexibility index (Phi) is 6.30. The fourth-order valence-electron chi connectivity index (χ4n) is 0.933. The van der Waals surface area contributed by atoms with E-state index in [9.17, 15) is 14.4 Å². The Labute approximate surface area is 96.2 Å². The van der Waals surface area contributed by atoms with Crippen LogP contribution in [0.3, 0.4) is 0 Å². The number of hydroxylamine groups is 2. The third-order valence-corrected chi connectivity index (χ3v) is 1.89. The van der Waals surface area contributed by atoms with Crippen LogP contribution in [0, 0.1) is 0 Å². The minimum absolute atomic E-state index is 0.148. The van der Waals surface area contributed by atoms with Gasteiger partial charge in [-0.3, -0.25) is 19.6 Å². The highest BCUT2D eigenvalue weighted by molar-refractivity contribution is 6.00. The Morgan fingerprint density at radius 1 is 1.53 bits per heavy atom. The SMILES string of the molecule is CCC(N=[N+]=[N-])C(=O)O.O=C1CCC(=O)N1O. The van der Waals surface area contributed by atoms with E-state index in [1.54, 1.807) is 6.92 Å². The quantitative estimate of drug-likeness (QED) is 0.246. The number of rotatable bonds is 3. The highest BCUT2D eigenvalue weighted by Gasteiger charge is 2.26. The summed E-state index contributed by atoms with van der Waals surface area (Å²) in [7, 11) is 0. The van der Waals surface area contributed by atoms with Gasteiger partial charge in [-0.25, -0.2) is 0 Å². The lowest BCUT2D eigenvalue weighted by Crippen LogP contribution is -2.24. The molecule has 1 heterocycles. The molecule has 0 aromatic heterocycles. The highest BCUT2D eigenvalue weighted by atomic mass is 16.5. The van der Waals surface area contributed by atoms with E-state index >= 15 is 0 Å². The molecule has 9 heteroatoms. The number of azide groups is 1. The van der Waals surface area contributed by atoms with Crippen molar-refractivity contribution in [2.45, 2.75) is 32.2 Å². The predicted octanol–water partition coefficient (Wildman–Crippen LogP) is 0.684. The maximum Gasteiger partial charge on any atom is 0.312 e. The number of nitrogens with zero attached hydrogens (tertiary/aromatic N) is 4. The third kappa shape index (κ3) is 4.96. The van der Waals surface area contributed by atoms with Gasteiger partial charge in [0.1, 0.15) is 6.04 Å². The average molecular weight is 244 g/mol. The van der Waals surface area contributed by atoms with Crippen LogP contribution in [0.5, 0.6) is 0 Å². The van der Waals surface area contributed by atoms with Crippen LogP contribution >= 0.6 is 0 Å². The van der Waals surface area contributed by atoms with Gasteiger partial charge < -0.3 is 5.11 Å². The van der Waals surface area contributed by atoms with E-state index in [-0.39, 0.29) is 17.9 Å². The summed E-state index contributed by atoms with van der Waals surface area (Å²) in [5.41, 5.74) is 7.81. The molecule has 2 amide bonds. The summed E-state index contributed by atoms with van der Waals surface area (Å²) in [4.78, 5) is 32.9. The minimum atomic E-state index is -1.07. The van der Waals surface area contributed by atoms with Crippen LogP contribution in [-0.4, -0.2) is 39.2 Å². The zero-order valence-corrected chi connectivity index (χ0v) is 9.11. The van der Waals surface area contributed by atoms with E-state index in [1.807, 2.05) is 0 Å². The monoisotopic (exact) mass is 244 g/mol. The van der Waals surface area contributed by atoms with Crippen LogP contribution in [0.15, 0.2) is 5.11 Å². The zero-order chi connectivity index (χ0) is 13.4. The van der Waals surface area contributed by atoms with Gasteiger partial charge >= 0.3 is 5.97 Å². The number of imide groups is 1. The Morgan fingerprint density at radius 3 is 2.12 bits per heavy atom. The molecule has 1 fully saturated rings. The van der Waals surface area contributed by atoms with Crippen molar-refractivity contribution >= 4 is 17.8 Å². The standard InChI is InChI=1S/C4H7N3O2.C4H5NO3/c1-2-3(4(8)9)6-7-5;6-3-1-2-4(7)5(3)8/h3H,2H2,1H3,(H,8,9);8H,1-2H2. The van der Waals surface area contributed by atoms with E-state index in [0.717, 1.165) is 0 Å². The van der Waals surface area contributed by atoms with Crippen molar-refractivity contribution < 1.29 is 24.7 Å².